The molecule has 2 atom stereocenters. The molecule has 20 heavy (non-hydrogen) atoms. The Bertz CT molecular complexity index is 549. The van der Waals surface area contributed by atoms with Crippen molar-refractivity contribution in [1.82, 2.24) is 10.3 Å². The Labute approximate surface area is 120 Å². The summed E-state index contributed by atoms with van der Waals surface area (Å²) in [7, 11) is 0. The summed E-state index contributed by atoms with van der Waals surface area (Å²) >= 11 is 0. The molecule has 2 bridgehead atoms. The zero-order valence-corrected chi connectivity index (χ0v) is 12.3. The van der Waals surface area contributed by atoms with Gasteiger partial charge in [-0.25, -0.2) is 0 Å². The first-order chi connectivity index (χ1) is 9.47. The molecule has 2 saturated carbocycles. The van der Waals surface area contributed by atoms with Gasteiger partial charge in [-0.15, -0.1) is 0 Å². The Morgan fingerprint density at radius 1 is 1.50 bits per heavy atom. The average molecular weight is 270 g/mol. The molecule has 0 radical (unpaired) electrons. The fourth-order valence-electron chi connectivity index (χ4n) is 3.98. The molecule has 1 N–H and O–H groups in total. The summed E-state index contributed by atoms with van der Waals surface area (Å²) in [6.45, 7) is 9.22. The van der Waals surface area contributed by atoms with E-state index in [2.05, 4.69) is 30.7 Å². The number of nitrogens with one attached hydrogen (secondary N) is 1. The molecule has 3 heteroatoms. The molecule has 1 aromatic rings. The second-order valence-electron chi connectivity index (χ2n) is 6.73. The summed E-state index contributed by atoms with van der Waals surface area (Å²) in [6.07, 6.45) is 4.81. The second kappa shape index (κ2) is 4.44. The summed E-state index contributed by atoms with van der Waals surface area (Å²) in [5.41, 5.74) is 1.79. The predicted molar refractivity (Wildman–Crippen MR) is 78.8 cm³/mol. The number of nitrogens with zero attached hydrogens (tertiary/aromatic N) is 1. The zero-order valence-electron chi connectivity index (χ0n) is 12.3. The van der Waals surface area contributed by atoms with Gasteiger partial charge in [-0.1, -0.05) is 32.1 Å². The third kappa shape index (κ3) is 1.80. The number of amides is 1. The van der Waals surface area contributed by atoms with Crippen molar-refractivity contribution in [2.45, 2.75) is 39.7 Å². The number of hydrogen-bond donors (Lipinski definition) is 1. The molecular formula is C17H22N2O. The van der Waals surface area contributed by atoms with Crippen molar-refractivity contribution in [1.29, 1.82) is 0 Å². The first-order valence-corrected chi connectivity index (χ1v) is 7.35. The van der Waals surface area contributed by atoms with Crippen LogP contribution in [0, 0.1) is 16.7 Å². The van der Waals surface area contributed by atoms with Crippen LogP contribution in [0.2, 0.25) is 0 Å². The van der Waals surface area contributed by atoms with E-state index in [1.54, 1.807) is 6.20 Å². The third-order valence-electron chi connectivity index (χ3n) is 5.48. The molecule has 1 heterocycles. The van der Waals surface area contributed by atoms with Crippen molar-refractivity contribution in [3.63, 3.8) is 0 Å². The minimum absolute atomic E-state index is 0.0978. The first kappa shape index (κ1) is 13.3. The van der Waals surface area contributed by atoms with Crippen molar-refractivity contribution in [2.75, 3.05) is 0 Å². The van der Waals surface area contributed by atoms with E-state index in [4.69, 9.17) is 0 Å². The minimum atomic E-state index is -0.330. The Hall–Kier alpha value is -1.64. The van der Waals surface area contributed by atoms with Crippen molar-refractivity contribution in [3.8, 4) is 0 Å². The summed E-state index contributed by atoms with van der Waals surface area (Å²) in [5, 5.41) is 3.07. The average Bonchev–Trinajstić information content (AvgIpc) is 2.98. The minimum Gasteiger partial charge on any atom is -0.350 e. The van der Waals surface area contributed by atoms with Crippen LogP contribution in [0.1, 0.15) is 38.8 Å². The van der Waals surface area contributed by atoms with Crippen LogP contribution in [0.4, 0.5) is 0 Å². The van der Waals surface area contributed by atoms with Gasteiger partial charge in [0.25, 0.3) is 0 Å². The monoisotopic (exact) mass is 270 g/mol. The van der Waals surface area contributed by atoms with Gasteiger partial charge in [0.2, 0.25) is 5.91 Å². The molecule has 0 saturated heterocycles. The number of pyridine rings is 1. The summed E-state index contributed by atoms with van der Waals surface area (Å²) in [4.78, 5) is 16.9. The van der Waals surface area contributed by atoms with Crippen LogP contribution < -0.4 is 5.32 Å². The molecule has 0 unspecified atom stereocenters. The van der Waals surface area contributed by atoms with E-state index in [1.807, 2.05) is 18.2 Å². The molecule has 1 amide bonds. The van der Waals surface area contributed by atoms with E-state index < -0.39 is 0 Å². The number of fused-ring (bicyclic) bond motifs is 2. The Balaban J connectivity index is 1.73. The molecule has 2 aliphatic rings. The molecule has 2 fully saturated rings. The van der Waals surface area contributed by atoms with Crippen LogP contribution in [-0.2, 0) is 11.3 Å². The molecule has 0 aliphatic heterocycles. The Morgan fingerprint density at radius 2 is 2.30 bits per heavy atom. The maximum absolute atomic E-state index is 12.7. The van der Waals surface area contributed by atoms with Crippen molar-refractivity contribution in [3.05, 3.63) is 42.2 Å². The highest BCUT2D eigenvalue weighted by Gasteiger charge is 2.60. The van der Waals surface area contributed by atoms with E-state index in [9.17, 15) is 4.79 Å². The largest absolute Gasteiger partial charge is 0.350 e. The molecule has 3 nitrogen and oxygen atoms in total. The standard InChI is InChI=1S/C17H22N2O/c1-12-16(2,3)13-7-8-17(12,10-13)15(20)19-11-14-6-4-5-9-18-14/h4-6,9,13H,1,7-8,10-11H2,2-3H3,(H,19,20)/t13-,17-/m1/s1. The number of rotatable bonds is 3. The summed E-state index contributed by atoms with van der Waals surface area (Å²) in [6, 6.07) is 5.76. The molecule has 3 rings (SSSR count). The van der Waals surface area contributed by atoms with E-state index >= 15 is 0 Å². The van der Waals surface area contributed by atoms with Crippen LogP contribution >= 0.6 is 0 Å². The quantitative estimate of drug-likeness (QED) is 0.858. The highest BCUT2D eigenvalue weighted by atomic mass is 16.2. The smallest absolute Gasteiger partial charge is 0.230 e. The van der Waals surface area contributed by atoms with Gasteiger partial charge in [0.1, 0.15) is 0 Å². The lowest BCUT2D eigenvalue weighted by molar-refractivity contribution is -0.128. The Kier molecular flexibility index (Phi) is 2.96. The van der Waals surface area contributed by atoms with Crippen molar-refractivity contribution in [2.24, 2.45) is 16.7 Å². The molecule has 2 aliphatic carbocycles. The fourth-order valence-corrected chi connectivity index (χ4v) is 3.98. The first-order valence-electron chi connectivity index (χ1n) is 7.35. The number of aromatic nitrogens is 1. The lowest BCUT2D eigenvalue weighted by Gasteiger charge is -2.37. The number of hydrogen-bond acceptors (Lipinski definition) is 2. The molecule has 0 aromatic carbocycles. The van der Waals surface area contributed by atoms with E-state index in [0.717, 1.165) is 30.5 Å². The molecular weight excluding hydrogens is 248 g/mol. The highest BCUT2D eigenvalue weighted by molar-refractivity contribution is 5.87. The van der Waals surface area contributed by atoms with E-state index in [1.165, 1.54) is 0 Å². The van der Waals surface area contributed by atoms with Crippen LogP contribution in [0.25, 0.3) is 0 Å². The van der Waals surface area contributed by atoms with E-state index in [-0.39, 0.29) is 16.7 Å². The highest BCUT2D eigenvalue weighted by Crippen LogP contribution is 2.65. The lowest BCUT2D eigenvalue weighted by Crippen LogP contribution is -2.41. The molecule has 1 aromatic heterocycles. The van der Waals surface area contributed by atoms with Crippen LogP contribution in [-0.4, -0.2) is 10.9 Å². The van der Waals surface area contributed by atoms with Gasteiger partial charge in [0, 0.05) is 6.20 Å². The topological polar surface area (TPSA) is 42.0 Å². The van der Waals surface area contributed by atoms with Gasteiger partial charge in [-0.2, -0.15) is 0 Å². The zero-order chi connectivity index (χ0) is 14.4. The van der Waals surface area contributed by atoms with Crippen LogP contribution in [0.15, 0.2) is 36.5 Å². The third-order valence-corrected chi connectivity index (χ3v) is 5.48. The van der Waals surface area contributed by atoms with Gasteiger partial charge < -0.3 is 5.32 Å². The second-order valence-corrected chi connectivity index (χ2v) is 6.73. The Morgan fingerprint density at radius 3 is 2.90 bits per heavy atom. The van der Waals surface area contributed by atoms with Gasteiger partial charge >= 0.3 is 0 Å². The maximum Gasteiger partial charge on any atom is 0.230 e. The number of carbonyl (C=O) groups excluding carboxylic acids is 1. The lowest BCUT2D eigenvalue weighted by atomic mass is 9.68. The van der Waals surface area contributed by atoms with E-state index in [0.29, 0.717) is 12.5 Å². The summed E-state index contributed by atoms with van der Waals surface area (Å²) < 4.78 is 0. The predicted octanol–water partition coefficient (Wildman–Crippen LogP) is 3.08. The van der Waals surface area contributed by atoms with Crippen molar-refractivity contribution >= 4 is 5.91 Å². The SMILES string of the molecule is C=C1C(C)(C)[C@@H]2CC[C@@]1(C(=O)NCc1ccccn1)C2. The maximum atomic E-state index is 12.7. The van der Waals surface area contributed by atoms with Gasteiger partial charge in [-0.05, 0) is 42.7 Å². The van der Waals surface area contributed by atoms with Gasteiger partial charge in [0.15, 0.2) is 0 Å². The number of carbonyl (C=O) groups is 1. The fraction of sp³-hybridized carbons (Fsp3) is 0.529. The molecule has 106 valence electrons. The summed E-state index contributed by atoms with van der Waals surface area (Å²) in [5.74, 6) is 0.747. The van der Waals surface area contributed by atoms with Gasteiger partial charge in [-0.3, -0.25) is 9.78 Å². The van der Waals surface area contributed by atoms with Crippen molar-refractivity contribution < 1.29 is 4.79 Å². The van der Waals surface area contributed by atoms with Crippen LogP contribution in [0.5, 0.6) is 0 Å². The molecule has 0 spiro atoms. The normalized spacial score (nSPS) is 30.5. The van der Waals surface area contributed by atoms with Crippen LogP contribution in [0.3, 0.4) is 0 Å². The van der Waals surface area contributed by atoms with Gasteiger partial charge in [0.05, 0.1) is 17.7 Å².